The van der Waals surface area contributed by atoms with Crippen LogP contribution in [-0.4, -0.2) is 22.9 Å². The first kappa shape index (κ1) is 16.4. The molecule has 0 radical (unpaired) electrons. The van der Waals surface area contributed by atoms with Crippen molar-refractivity contribution in [1.82, 2.24) is 4.57 Å². The number of aromatic nitrogens is 1. The third-order valence-electron chi connectivity index (χ3n) is 4.83. The summed E-state index contributed by atoms with van der Waals surface area (Å²) in [6, 6.07) is 17.6. The average Bonchev–Trinajstić information content (AvgIpc) is 3.19. The molecule has 5 heteroatoms. The molecular weight excluding hydrogens is 326 g/mol. The van der Waals surface area contributed by atoms with Crippen LogP contribution in [0.25, 0.3) is 10.9 Å². The lowest BCUT2D eigenvalue weighted by molar-refractivity contribution is -0.117. The van der Waals surface area contributed by atoms with E-state index >= 15 is 0 Å². The normalized spacial score (nSPS) is 14.2. The monoisotopic (exact) mass is 347 g/mol. The van der Waals surface area contributed by atoms with Crippen molar-refractivity contribution in [3.63, 3.8) is 0 Å². The highest BCUT2D eigenvalue weighted by Gasteiger charge is 2.21. The fourth-order valence-electron chi connectivity index (χ4n) is 3.58. The first-order valence-electron chi connectivity index (χ1n) is 8.87. The van der Waals surface area contributed by atoms with Gasteiger partial charge in [-0.05, 0) is 49.1 Å². The van der Waals surface area contributed by atoms with Crippen LogP contribution < -0.4 is 10.2 Å². The highest BCUT2D eigenvalue weighted by Crippen LogP contribution is 2.24. The van der Waals surface area contributed by atoms with Crippen LogP contribution in [0.2, 0.25) is 0 Å². The number of amides is 2. The number of nitrogens with zero attached hydrogens (tertiary/aromatic N) is 2. The second kappa shape index (κ2) is 6.67. The van der Waals surface area contributed by atoms with Crippen LogP contribution in [0.4, 0.5) is 11.4 Å². The average molecular weight is 347 g/mol. The van der Waals surface area contributed by atoms with Crippen molar-refractivity contribution in [2.75, 3.05) is 16.8 Å². The van der Waals surface area contributed by atoms with Crippen LogP contribution in [0.3, 0.4) is 0 Å². The summed E-state index contributed by atoms with van der Waals surface area (Å²) in [4.78, 5) is 26.3. The van der Waals surface area contributed by atoms with Gasteiger partial charge in [0.25, 0.3) is 0 Å². The number of carbonyl (C=O) groups excluding carboxylic acids is 2. The van der Waals surface area contributed by atoms with Gasteiger partial charge in [0.2, 0.25) is 11.8 Å². The molecule has 1 aromatic heterocycles. The van der Waals surface area contributed by atoms with E-state index in [0.717, 1.165) is 35.2 Å². The van der Waals surface area contributed by atoms with Crippen molar-refractivity contribution in [3.8, 4) is 0 Å². The molecular formula is C21H21N3O2. The number of aryl methyl sites for hydroxylation is 1. The van der Waals surface area contributed by atoms with E-state index in [1.54, 1.807) is 4.90 Å². The Bertz CT molecular complexity index is 990. The van der Waals surface area contributed by atoms with Crippen molar-refractivity contribution >= 4 is 34.1 Å². The summed E-state index contributed by atoms with van der Waals surface area (Å²) in [5.41, 5.74) is 3.66. The Morgan fingerprint density at radius 1 is 1.12 bits per heavy atom. The minimum Gasteiger partial charge on any atom is -0.335 e. The minimum atomic E-state index is -0.0839. The molecule has 5 nitrogen and oxygen atoms in total. The van der Waals surface area contributed by atoms with Crippen molar-refractivity contribution in [1.29, 1.82) is 0 Å². The number of para-hydroxylation sites is 1. The number of rotatable bonds is 4. The summed E-state index contributed by atoms with van der Waals surface area (Å²) in [5.74, 6) is 0.0577. The standard InChI is InChI=1S/C21H21N3O2/c1-15-12-16-6-2-3-9-19(16)24(15)14-20(25)22-17-7-4-8-18(13-17)23-11-5-10-21(23)26/h2-4,6-9,12-13H,5,10-11,14H2,1H3,(H,22,25). The second-order valence-electron chi connectivity index (χ2n) is 6.68. The van der Waals surface area contributed by atoms with Gasteiger partial charge in [0.05, 0.1) is 0 Å². The Balaban J connectivity index is 1.51. The molecule has 2 aromatic carbocycles. The van der Waals surface area contributed by atoms with E-state index in [0.29, 0.717) is 12.1 Å². The van der Waals surface area contributed by atoms with E-state index in [4.69, 9.17) is 0 Å². The van der Waals surface area contributed by atoms with Crippen LogP contribution in [0.15, 0.2) is 54.6 Å². The molecule has 1 fully saturated rings. The fraction of sp³-hybridized carbons (Fsp3) is 0.238. The Morgan fingerprint density at radius 2 is 1.96 bits per heavy atom. The van der Waals surface area contributed by atoms with E-state index in [1.807, 2.05) is 60.0 Å². The zero-order chi connectivity index (χ0) is 18.1. The Labute approximate surface area is 152 Å². The van der Waals surface area contributed by atoms with Crippen molar-refractivity contribution in [2.24, 2.45) is 0 Å². The highest BCUT2D eigenvalue weighted by molar-refractivity contribution is 5.97. The molecule has 1 aliphatic heterocycles. The smallest absolute Gasteiger partial charge is 0.244 e. The molecule has 3 aromatic rings. The summed E-state index contributed by atoms with van der Waals surface area (Å²) >= 11 is 0. The fourth-order valence-corrected chi connectivity index (χ4v) is 3.58. The molecule has 2 heterocycles. The lowest BCUT2D eigenvalue weighted by Gasteiger charge is -2.17. The van der Waals surface area contributed by atoms with Gasteiger partial charge in [-0.3, -0.25) is 9.59 Å². The van der Waals surface area contributed by atoms with E-state index < -0.39 is 0 Å². The van der Waals surface area contributed by atoms with E-state index in [9.17, 15) is 9.59 Å². The van der Waals surface area contributed by atoms with Gasteiger partial charge in [-0.15, -0.1) is 0 Å². The van der Waals surface area contributed by atoms with Gasteiger partial charge in [-0.2, -0.15) is 0 Å². The Hall–Kier alpha value is -3.08. The number of benzene rings is 2. The molecule has 0 saturated carbocycles. The summed E-state index contributed by atoms with van der Waals surface area (Å²) in [6.45, 7) is 3.00. The number of carbonyl (C=O) groups is 2. The number of fused-ring (bicyclic) bond motifs is 1. The molecule has 26 heavy (non-hydrogen) atoms. The van der Waals surface area contributed by atoms with Gasteiger partial charge in [-0.1, -0.05) is 24.3 Å². The maximum Gasteiger partial charge on any atom is 0.244 e. The molecule has 1 aliphatic rings. The van der Waals surface area contributed by atoms with Crippen molar-refractivity contribution < 1.29 is 9.59 Å². The highest BCUT2D eigenvalue weighted by atomic mass is 16.2. The van der Waals surface area contributed by atoms with E-state index in [1.165, 1.54) is 0 Å². The van der Waals surface area contributed by atoms with E-state index in [2.05, 4.69) is 11.4 Å². The first-order valence-corrected chi connectivity index (χ1v) is 8.87. The maximum atomic E-state index is 12.6. The van der Waals surface area contributed by atoms with Crippen LogP contribution in [-0.2, 0) is 16.1 Å². The molecule has 1 saturated heterocycles. The lowest BCUT2D eigenvalue weighted by atomic mass is 10.2. The summed E-state index contributed by atoms with van der Waals surface area (Å²) in [5, 5.41) is 4.08. The SMILES string of the molecule is Cc1cc2ccccc2n1CC(=O)Nc1cccc(N2CCCC2=O)c1. The molecule has 0 atom stereocenters. The summed E-state index contributed by atoms with van der Waals surface area (Å²) in [6.07, 6.45) is 1.48. The second-order valence-corrected chi connectivity index (χ2v) is 6.68. The van der Waals surface area contributed by atoms with Crippen molar-refractivity contribution in [3.05, 3.63) is 60.3 Å². The number of hydrogen-bond acceptors (Lipinski definition) is 2. The quantitative estimate of drug-likeness (QED) is 0.782. The predicted molar refractivity (Wildman–Crippen MR) is 103 cm³/mol. The molecule has 2 amide bonds. The van der Waals surface area contributed by atoms with Gasteiger partial charge in [0.15, 0.2) is 0 Å². The van der Waals surface area contributed by atoms with Gasteiger partial charge in [0, 0.05) is 35.6 Å². The molecule has 1 N–H and O–H groups in total. The topological polar surface area (TPSA) is 54.3 Å². The molecule has 4 rings (SSSR count). The number of nitrogens with one attached hydrogen (secondary N) is 1. The van der Waals surface area contributed by atoms with Crippen LogP contribution >= 0.6 is 0 Å². The van der Waals surface area contributed by atoms with Crippen LogP contribution in [0, 0.1) is 6.92 Å². The number of anilines is 2. The minimum absolute atomic E-state index is 0.0839. The first-order chi connectivity index (χ1) is 12.6. The van der Waals surface area contributed by atoms with Gasteiger partial charge < -0.3 is 14.8 Å². The molecule has 0 spiro atoms. The zero-order valence-electron chi connectivity index (χ0n) is 14.7. The predicted octanol–water partition coefficient (Wildman–Crippen LogP) is 3.72. The van der Waals surface area contributed by atoms with E-state index in [-0.39, 0.29) is 18.4 Å². The van der Waals surface area contributed by atoms with Gasteiger partial charge in [-0.25, -0.2) is 0 Å². The third-order valence-corrected chi connectivity index (χ3v) is 4.83. The summed E-state index contributed by atoms with van der Waals surface area (Å²) in [7, 11) is 0. The Kier molecular flexibility index (Phi) is 4.21. The largest absolute Gasteiger partial charge is 0.335 e. The lowest BCUT2D eigenvalue weighted by Crippen LogP contribution is -2.24. The molecule has 0 unspecified atom stereocenters. The molecule has 0 bridgehead atoms. The molecule has 132 valence electrons. The van der Waals surface area contributed by atoms with Gasteiger partial charge >= 0.3 is 0 Å². The van der Waals surface area contributed by atoms with Gasteiger partial charge in [0.1, 0.15) is 6.54 Å². The summed E-state index contributed by atoms with van der Waals surface area (Å²) < 4.78 is 2.01. The Morgan fingerprint density at radius 3 is 2.77 bits per heavy atom. The third kappa shape index (κ3) is 3.08. The van der Waals surface area contributed by atoms with Crippen LogP contribution in [0.1, 0.15) is 18.5 Å². The number of hydrogen-bond donors (Lipinski definition) is 1. The zero-order valence-corrected chi connectivity index (χ0v) is 14.7. The van der Waals surface area contributed by atoms with Crippen LogP contribution in [0.5, 0.6) is 0 Å². The van der Waals surface area contributed by atoms with Crippen molar-refractivity contribution in [2.45, 2.75) is 26.3 Å². The molecule has 0 aliphatic carbocycles. The maximum absolute atomic E-state index is 12.6.